The summed E-state index contributed by atoms with van der Waals surface area (Å²) in [4.78, 5) is 11.9. The number of hydrogen-bond acceptors (Lipinski definition) is 3. The third-order valence-corrected chi connectivity index (χ3v) is 3.16. The molecule has 0 radical (unpaired) electrons. The summed E-state index contributed by atoms with van der Waals surface area (Å²) in [5, 5.41) is 0. The van der Waals surface area contributed by atoms with Crippen molar-refractivity contribution in [2.75, 3.05) is 7.11 Å². The molecule has 2 aromatic carbocycles. The average Bonchev–Trinajstić information content (AvgIpc) is 2.51. The summed E-state index contributed by atoms with van der Waals surface area (Å²) in [6.45, 7) is 0. The van der Waals surface area contributed by atoms with Crippen LogP contribution in [0.25, 0.3) is 11.1 Å². The lowest BCUT2D eigenvalue weighted by Gasteiger charge is -2.18. The number of hydrogen-bond donors (Lipinski definition) is 0. The van der Waals surface area contributed by atoms with Crippen LogP contribution in [0, 0.1) is 0 Å². The minimum Gasteiger partial charge on any atom is -0.465 e. The molecular formula is C16H10F6O3. The van der Waals surface area contributed by atoms with E-state index in [4.69, 9.17) is 0 Å². The lowest BCUT2D eigenvalue weighted by atomic mass is 9.94. The van der Waals surface area contributed by atoms with E-state index >= 15 is 0 Å². The highest BCUT2D eigenvalue weighted by Gasteiger charge is 2.38. The van der Waals surface area contributed by atoms with Crippen LogP contribution in [0.15, 0.2) is 42.5 Å². The van der Waals surface area contributed by atoms with Gasteiger partial charge in [0, 0.05) is 11.1 Å². The van der Waals surface area contributed by atoms with Gasteiger partial charge in [-0.2, -0.15) is 13.2 Å². The number of carbonyl (C=O) groups excluding carboxylic acids is 1. The fraction of sp³-hybridized carbons (Fsp3) is 0.188. The van der Waals surface area contributed by atoms with Gasteiger partial charge in [0.15, 0.2) is 0 Å². The van der Waals surface area contributed by atoms with Crippen LogP contribution in [0.3, 0.4) is 0 Å². The van der Waals surface area contributed by atoms with Crippen molar-refractivity contribution in [1.82, 2.24) is 0 Å². The SMILES string of the molecule is COC(=O)c1c(-c2ccccc2OC(F)(F)F)cccc1C(F)(F)F. The minimum atomic E-state index is -5.05. The summed E-state index contributed by atoms with van der Waals surface area (Å²) >= 11 is 0. The zero-order chi connectivity index (χ0) is 18.8. The Morgan fingerprint density at radius 1 is 0.880 bits per heavy atom. The van der Waals surface area contributed by atoms with E-state index < -0.39 is 35.4 Å². The Bertz CT molecular complexity index is 780. The normalized spacial score (nSPS) is 12.0. The zero-order valence-electron chi connectivity index (χ0n) is 12.5. The number of ether oxygens (including phenoxy) is 2. The number of esters is 1. The molecule has 134 valence electrons. The summed E-state index contributed by atoms with van der Waals surface area (Å²) in [6.07, 6.45) is -9.96. The van der Waals surface area contributed by atoms with Crippen LogP contribution in [0.5, 0.6) is 5.75 Å². The molecule has 0 unspecified atom stereocenters. The molecule has 0 amide bonds. The molecule has 25 heavy (non-hydrogen) atoms. The number of benzene rings is 2. The second-order valence-corrected chi connectivity index (χ2v) is 4.76. The highest BCUT2D eigenvalue weighted by atomic mass is 19.4. The van der Waals surface area contributed by atoms with E-state index in [9.17, 15) is 31.1 Å². The van der Waals surface area contributed by atoms with Crippen molar-refractivity contribution < 1.29 is 40.6 Å². The van der Waals surface area contributed by atoms with E-state index in [1.54, 1.807) is 0 Å². The van der Waals surface area contributed by atoms with Crippen LogP contribution in [0.2, 0.25) is 0 Å². The average molecular weight is 364 g/mol. The van der Waals surface area contributed by atoms with Crippen LogP contribution in [0.4, 0.5) is 26.3 Å². The Morgan fingerprint density at radius 2 is 1.48 bits per heavy atom. The first-order valence-corrected chi connectivity index (χ1v) is 6.68. The Kier molecular flexibility index (Phi) is 4.96. The summed E-state index contributed by atoms with van der Waals surface area (Å²) in [5.74, 6) is -2.07. The van der Waals surface area contributed by atoms with Gasteiger partial charge in [0.05, 0.1) is 18.2 Å². The van der Waals surface area contributed by atoms with Gasteiger partial charge in [0.1, 0.15) is 5.75 Å². The van der Waals surface area contributed by atoms with Gasteiger partial charge in [-0.3, -0.25) is 0 Å². The quantitative estimate of drug-likeness (QED) is 0.564. The van der Waals surface area contributed by atoms with Crippen molar-refractivity contribution in [3.63, 3.8) is 0 Å². The van der Waals surface area contributed by atoms with E-state index in [-0.39, 0.29) is 11.1 Å². The lowest BCUT2D eigenvalue weighted by Crippen LogP contribution is -2.18. The lowest BCUT2D eigenvalue weighted by molar-refractivity contribution is -0.274. The van der Waals surface area contributed by atoms with E-state index in [2.05, 4.69) is 9.47 Å². The fourth-order valence-corrected chi connectivity index (χ4v) is 2.24. The largest absolute Gasteiger partial charge is 0.573 e. The number of methoxy groups -OCH3 is 1. The molecule has 0 saturated carbocycles. The second kappa shape index (κ2) is 6.66. The summed E-state index contributed by atoms with van der Waals surface area (Å²) < 4.78 is 85.4. The van der Waals surface area contributed by atoms with Crippen LogP contribution in [0.1, 0.15) is 15.9 Å². The van der Waals surface area contributed by atoms with Crippen molar-refractivity contribution in [2.24, 2.45) is 0 Å². The molecule has 0 bridgehead atoms. The van der Waals surface area contributed by atoms with Gasteiger partial charge < -0.3 is 9.47 Å². The molecule has 0 N–H and O–H groups in total. The monoisotopic (exact) mass is 364 g/mol. The molecule has 0 spiro atoms. The van der Waals surface area contributed by atoms with E-state index in [0.29, 0.717) is 6.07 Å². The Balaban J connectivity index is 2.75. The minimum absolute atomic E-state index is 0.327. The zero-order valence-corrected chi connectivity index (χ0v) is 12.5. The number of para-hydroxylation sites is 1. The van der Waals surface area contributed by atoms with Gasteiger partial charge in [-0.1, -0.05) is 30.3 Å². The van der Waals surface area contributed by atoms with E-state index in [1.165, 1.54) is 12.1 Å². The number of rotatable bonds is 3. The highest BCUT2D eigenvalue weighted by Crippen LogP contribution is 2.40. The molecule has 0 aliphatic carbocycles. The molecule has 0 aliphatic rings. The molecule has 0 aliphatic heterocycles. The maximum Gasteiger partial charge on any atom is 0.573 e. The fourth-order valence-electron chi connectivity index (χ4n) is 2.24. The topological polar surface area (TPSA) is 35.5 Å². The number of halogens is 6. The van der Waals surface area contributed by atoms with Crippen LogP contribution >= 0.6 is 0 Å². The highest BCUT2D eigenvalue weighted by molar-refractivity contribution is 5.99. The standard InChI is InChI=1S/C16H10F6O3/c1-24-14(23)13-10(6-4-7-11(13)15(17,18)19)9-5-2-3-8-12(9)25-16(20,21)22/h2-8H,1H3. The van der Waals surface area contributed by atoms with Gasteiger partial charge in [-0.25, -0.2) is 4.79 Å². The van der Waals surface area contributed by atoms with Gasteiger partial charge in [-0.15, -0.1) is 13.2 Å². The maximum atomic E-state index is 13.2. The summed E-state index contributed by atoms with van der Waals surface area (Å²) in [6, 6.07) is 7.28. The molecule has 2 rings (SSSR count). The Labute approximate surface area is 137 Å². The Hall–Kier alpha value is -2.71. The molecule has 9 heteroatoms. The summed E-state index contributed by atoms with van der Waals surface area (Å²) in [7, 11) is 0.872. The Morgan fingerprint density at radius 3 is 2.04 bits per heavy atom. The molecule has 0 heterocycles. The van der Waals surface area contributed by atoms with Crippen molar-refractivity contribution >= 4 is 5.97 Å². The van der Waals surface area contributed by atoms with E-state index in [0.717, 1.165) is 31.4 Å². The van der Waals surface area contributed by atoms with Crippen molar-refractivity contribution in [3.05, 3.63) is 53.6 Å². The molecule has 0 aromatic heterocycles. The molecule has 0 atom stereocenters. The predicted octanol–water partition coefficient (Wildman–Crippen LogP) is 5.06. The van der Waals surface area contributed by atoms with Gasteiger partial charge in [-0.05, 0) is 12.1 Å². The molecule has 0 saturated heterocycles. The first-order valence-electron chi connectivity index (χ1n) is 6.68. The van der Waals surface area contributed by atoms with Gasteiger partial charge in [0.25, 0.3) is 0 Å². The number of carbonyl (C=O) groups is 1. The molecular weight excluding hydrogens is 354 g/mol. The first kappa shape index (κ1) is 18.6. The maximum absolute atomic E-state index is 13.2. The third-order valence-electron chi connectivity index (χ3n) is 3.16. The smallest absolute Gasteiger partial charge is 0.465 e. The second-order valence-electron chi connectivity index (χ2n) is 4.76. The van der Waals surface area contributed by atoms with Crippen molar-refractivity contribution in [3.8, 4) is 16.9 Å². The van der Waals surface area contributed by atoms with Gasteiger partial charge >= 0.3 is 18.5 Å². The third kappa shape index (κ3) is 4.23. The molecule has 3 nitrogen and oxygen atoms in total. The number of alkyl halides is 6. The van der Waals surface area contributed by atoms with E-state index in [1.807, 2.05) is 0 Å². The predicted molar refractivity (Wildman–Crippen MR) is 74.9 cm³/mol. The summed E-state index contributed by atoms with van der Waals surface area (Å²) in [5.41, 5.74) is -2.93. The molecule has 0 fully saturated rings. The van der Waals surface area contributed by atoms with Gasteiger partial charge in [0.2, 0.25) is 0 Å². The first-order chi connectivity index (χ1) is 11.5. The van der Waals surface area contributed by atoms with Crippen LogP contribution < -0.4 is 4.74 Å². The van der Waals surface area contributed by atoms with Crippen molar-refractivity contribution in [1.29, 1.82) is 0 Å². The van der Waals surface area contributed by atoms with Crippen LogP contribution in [-0.4, -0.2) is 19.4 Å². The molecule has 2 aromatic rings. The van der Waals surface area contributed by atoms with Crippen molar-refractivity contribution in [2.45, 2.75) is 12.5 Å². The van der Waals surface area contributed by atoms with Crippen LogP contribution in [-0.2, 0) is 10.9 Å².